The molecule has 0 radical (unpaired) electrons. The first-order valence-electron chi connectivity index (χ1n) is 6.29. The molecule has 0 amide bonds. The molecule has 2 heteroatoms. The highest BCUT2D eigenvalue weighted by Crippen LogP contribution is 2.15. The Kier molecular flexibility index (Phi) is 3.62. The van der Waals surface area contributed by atoms with Crippen molar-refractivity contribution in [3.8, 4) is 0 Å². The molecule has 0 bridgehead atoms. The van der Waals surface area contributed by atoms with Crippen molar-refractivity contribution in [3.05, 3.63) is 45.8 Å². The highest BCUT2D eigenvalue weighted by atomic mass is 16.3. The highest BCUT2D eigenvalue weighted by Gasteiger charge is 2.06. The van der Waals surface area contributed by atoms with E-state index in [2.05, 4.69) is 13.8 Å². The summed E-state index contributed by atoms with van der Waals surface area (Å²) in [5, 5.41) is 0.704. The van der Waals surface area contributed by atoms with Gasteiger partial charge in [0, 0.05) is 5.56 Å². The van der Waals surface area contributed by atoms with Gasteiger partial charge in [-0.25, -0.2) is 0 Å². The molecule has 0 fully saturated rings. The molecule has 0 aliphatic rings. The van der Waals surface area contributed by atoms with Crippen LogP contribution in [0.25, 0.3) is 11.0 Å². The molecule has 0 saturated heterocycles. The van der Waals surface area contributed by atoms with E-state index in [1.54, 1.807) is 6.26 Å². The number of aryl methyl sites for hydroxylation is 2. The summed E-state index contributed by atoms with van der Waals surface area (Å²) in [6, 6.07) is 5.90. The molecule has 0 saturated carbocycles. The van der Waals surface area contributed by atoms with Gasteiger partial charge in [-0.1, -0.05) is 32.8 Å². The van der Waals surface area contributed by atoms with Gasteiger partial charge in [0.2, 0.25) is 0 Å². The van der Waals surface area contributed by atoms with Gasteiger partial charge in [0.25, 0.3) is 0 Å². The smallest absolute Gasteiger partial charge is 0.195 e. The van der Waals surface area contributed by atoms with E-state index in [9.17, 15) is 4.79 Å². The Morgan fingerprint density at radius 3 is 2.59 bits per heavy atom. The second kappa shape index (κ2) is 5.17. The summed E-state index contributed by atoms with van der Waals surface area (Å²) in [4.78, 5) is 12.1. The average molecular weight is 230 g/mol. The Morgan fingerprint density at radius 2 is 1.88 bits per heavy atom. The fourth-order valence-corrected chi connectivity index (χ4v) is 2.10. The predicted molar refractivity (Wildman–Crippen MR) is 70.5 cm³/mol. The van der Waals surface area contributed by atoms with Gasteiger partial charge in [-0.15, -0.1) is 0 Å². The van der Waals surface area contributed by atoms with Crippen LogP contribution in [0.1, 0.15) is 37.8 Å². The number of hydrogen-bond acceptors (Lipinski definition) is 2. The third kappa shape index (κ3) is 2.41. The number of fused-ring (bicyclic) bond motifs is 1. The number of hydrogen-bond donors (Lipinski definition) is 0. The summed E-state index contributed by atoms with van der Waals surface area (Å²) in [5.74, 6) is 0. The van der Waals surface area contributed by atoms with Gasteiger partial charge in [-0.05, 0) is 30.5 Å². The highest BCUT2D eigenvalue weighted by molar-refractivity contribution is 5.77. The van der Waals surface area contributed by atoms with Crippen LogP contribution in [0.3, 0.4) is 0 Å². The van der Waals surface area contributed by atoms with Crippen molar-refractivity contribution < 1.29 is 4.42 Å². The minimum absolute atomic E-state index is 0.121. The molecule has 0 spiro atoms. The van der Waals surface area contributed by atoms with Crippen LogP contribution in [0, 0.1) is 0 Å². The van der Waals surface area contributed by atoms with Crippen molar-refractivity contribution in [2.45, 2.75) is 39.5 Å². The van der Waals surface area contributed by atoms with Crippen LogP contribution in [0.5, 0.6) is 0 Å². The van der Waals surface area contributed by atoms with E-state index in [0.717, 1.165) is 31.2 Å². The first kappa shape index (κ1) is 11.9. The molecule has 1 aromatic carbocycles. The van der Waals surface area contributed by atoms with Gasteiger partial charge in [-0.3, -0.25) is 4.79 Å². The van der Waals surface area contributed by atoms with Gasteiger partial charge >= 0.3 is 0 Å². The topological polar surface area (TPSA) is 30.2 Å². The van der Waals surface area contributed by atoms with Crippen LogP contribution in [0.2, 0.25) is 0 Å². The molecule has 0 aliphatic carbocycles. The second-order valence-corrected chi connectivity index (χ2v) is 4.42. The molecule has 2 nitrogen and oxygen atoms in total. The zero-order chi connectivity index (χ0) is 12.3. The molecule has 0 unspecified atom stereocenters. The third-order valence-electron chi connectivity index (χ3n) is 2.97. The van der Waals surface area contributed by atoms with Crippen LogP contribution in [0.4, 0.5) is 0 Å². The standard InChI is InChI=1S/C15H18O2/c1-3-5-11-7-8-13-14(9-11)17-10-12(6-4-2)15(13)16/h7-10H,3-6H2,1-2H3. The van der Waals surface area contributed by atoms with Crippen LogP contribution >= 0.6 is 0 Å². The Bertz CT molecular complexity index is 567. The van der Waals surface area contributed by atoms with Crippen LogP contribution < -0.4 is 5.43 Å². The Morgan fingerprint density at radius 1 is 1.12 bits per heavy atom. The summed E-state index contributed by atoms with van der Waals surface area (Å²) >= 11 is 0. The van der Waals surface area contributed by atoms with Crippen molar-refractivity contribution in [2.24, 2.45) is 0 Å². The van der Waals surface area contributed by atoms with Crippen LogP contribution in [-0.4, -0.2) is 0 Å². The van der Waals surface area contributed by atoms with Gasteiger partial charge in [-0.2, -0.15) is 0 Å². The fourth-order valence-electron chi connectivity index (χ4n) is 2.10. The van der Waals surface area contributed by atoms with Crippen LogP contribution in [0.15, 0.2) is 33.7 Å². The normalized spacial score (nSPS) is 10.9. The van der Waals surface area contributed by atoms with Gasteiger partial charge in [0.1, 0.15) is 5.58 Å². The molecule has 2 rings (SSSR count). The maximum Gasteiger partial charge on any atom is 0.195 e. The number of rotatable bonds is 4. The van der Waals surface area contributed by atoms with Crippen molar-refractivity contribution in [1.82, 2.24) is 0 Å². The molecule has 1 aromatic heterocycles. The second-order valence-electron chi connectivity index (χ2n) is 4.42. The monoisotopic (exact) mass is 230 g/mol. The first-order chi connectivity index (χ1) is 8.26. The Hall–Kier alpha value is -1.57. The van der Waals surface area contributed by atoms with E-state index in [4.69, 9.17) is 4.42 Å². The van der Waals surface area contributed by atoms with Crippen molar-refractivity contribution in [1.29, 1.82) is 0 Å². The maximum absolute atomic E-state index is 12.1. The summed E-state index contributed by atoms with van der Waals surface area (Å²) < 4.78 is 5.56. The minimum atomic E-state index is 0.121. The molecular formula is C15H18O2. The zero-order valence-corrected chi connectivity index (χ0v) is 10.5. The molecule has 2 aromatic rings. The van der Waals surface area contributed by atoms with E-state index in [1.165, 1.54) is 5.56 Å². The van der Waals surface area contributed by atoms with E-state index in [-0.39, 0.29) is 5.43 Å². The van der Waals surface area contributed by atoms with Crippen molar-refractivity contribution in [3.63, 3.8) is 0 Å². The van der Waals surface area contributed by atoms with E-state index in [0.29, 0.717) is 11.0 Å². The quantitative estimate of drug-likeness (QED) is 0.801. The van der Waals surface area contributed by atoms with E-state index in [1.807, 2.05) is 18.2 Å². The van der Waals surface area contributed by atoms with Gasteiger partial charge in [0.05, 0.1) is 11.6 Å². The lowest BCUT2D eigenvalue weighted by molar-refractivity contribution is 0.590. The van der Waals surface area contributed by atoms with Gasteiger partial charge in [0.15, 0.2) is 5.43 Å². The SMILES string of the molecule is CCCc1ccc2c(=O)c(CCC)coc2c1. The zero-order valence-electron chi connectivity index (χ0n) is 10.5. The molecule has 1 heterocycles. The molecule has 90 valence electrons. The average Bonchev–Trinajstić information content (AvgIpc) is 2.33. The van der Waals surface area contributed by atoms with Gasteiger partial charge < -0.3 is 4.42 Å². The predicted octanol–water partition coefficient (Wildman–Crippen LogP) is 3.70. The Labute approximate surface area is 101 Å². The lowest BCUT2D eigenvalue weighted by Crippen LogP contribution is -2.08. The van der Waals surface area contributed by atoms with Crippen molar-refractivity contribution in [2.75, 3.05) is 0 Å². The maximum atomic E-state index is 12.1. The number of benzene rings is 1. The molecule has 17 heavy (non-hydrogen) atoms. The molecular weight excluding hydrogens is 212 g/mol. The van der Waals surface area contributed by atoms with Crippen LogP contribution in [-0.2, 0) is 12.8 Å². The molecule has 0 atom stereocenters. The third-order valence-corrected chi connectivity index (χ3v) is 2.97. The largest absolute Gasteiger partial charge is 0.464 e. The lowest BCUT2D eigenvalue weighted by atomic mass is 10.1. The van der Waals surface area contributed by atoms with E-state index < -0.39 is 0 Å². The van der Waals surface area contributed by atoms with Crippen molar-refractivity contribution >= 4 is 11.0 Å². The Balaban J connectivity index is 2.52. The minimum Gasteiger partial charge on any atom is -0.464 e. The summed E-state index contributed by atoms with van der Waals surface area (Å²) in [6.45, 7) is 4.21. The summed E-state index contributed by atoms with van der Waals surface area (Å²) in [7, 11) is 0. The summed E-state index contributed by atoms with van der Waals surface area (Å²) in [6.07, 6.45) is 5.49. The lowest BCUT2D eigenvalue weighted by Gasteiger charge is -2.03. The first-order valence-corrected chi connectivity index (χ1v) is 6.29. The van der Waals surface area contributed by atoms with E-state index >= 15 is 0 Å². The molecule has 0 aliphatic heterocycles. The summed E-state index contributed by atoms with van der Waals surface area (Å²) in [5.41, 5.74) is 2.84. The fraction of sp³-hybridized carbons (Fsp3) is 0.400. The molecule has 0 N–H and O–H groups in total.